The van der Waals surface area contributed by atoms with Crippen LogP contribution in [0.4, 0.5) is 0 Å². The summed E-state index contributed by atoms with van der Waals surface area (Å²) in [6, 6.07) is -0.0402. The third-order valence-electron chi connectivity index (χ3n) is 3.18. The second-order valence-electron chi connectivity index (χ2n) is 6.39. The molecule has 3 N–H and O–H groups in total. The van der Waals surface area contributed by atoms with Gasteiger partial charge >= 0.3 is 0 Å². The molecular formula is C14H27N3O2. The van der Waals surface area contributed by atoms with Crippen LogP contribution in [-0.4, -0.2) is 36.0 Å². The molecule has 110 valence electrons. The Labute approximate surface area is 115 Å². The van der Waals surface area contributed by atoms with E-state index < -0.39 is 0 Å². The molecule has 0 spiro atoms. The van der Waals surface area contributed by atoms with Crippen molar-refractivity contribution >= 4 is 11.8 Å². The molecule has 0 aromatic carbocycles. The molecule has 5 heteroatoms. The molecule has 5 nitrogen and oxygen atoms in total. The first-order chi connectivity index (χ1) is 8.78. The van der Waals surface area contributed by atoms with E-state index in [1.54, 1.807) is 6.92 Å². The lowest BCUT2D eigenvalue weighted by atomic mass is 10.1. The monoisotopic (exact) mass is 269 g/mol. The van der Waals surface area contributed by atoms with Gasteiger partial charge in [0.15, 0.2) is 0 Å². The molecule has 0 heterocycles. The van der Waals surface area contributed by atoms with Crippen LogP contribution in [0.5, 0.6) is 0 Å². The Kier molecular flexibility index (Phi) is 5.79. The maximum atomic E-state index is 11.8. The highest BCUT2D eigenvalue weighted by molar-refractivity contribution is 5.83. The predicted octanol–water partition coefficient (Wildman–Crippen LogP) is 0.938. The lowest BCUT2D eigenvalue weighted by Crippen LogP contribution is -2.51. The minimum Gasteiger partial charge on any atom is -0.352 e. The van der Waals surface area contributed by atoms with Crippen molar-refractivity contribution in [2.24, 2.45) is 0 Å². The smallest absolute Gasteiger partial charge is 0.237 e. The summed E-state index contributed by atoms with van der Waals surface area (Å²) in [5.74, 6) is -0.108. The fraction of sp³-hybridized carbons (Fsp3) is 0.857. The van der Waals surface area contributed by atoms with Gasteiger partial charge in [-0.1, -0.05) is 12.8 Å². The van der Waals surface area contributed by atoms with Crippen molar-refractivity contribution in [3.8, 4) is 0 Å². The number of hydrogen-bond acceptors (Lipinski definition) is 3. The minimum atomic E-state index is -0.367. The van der Waals surface area contributed by atoms with Crippen molar-refractivity contribution in [3.05, 3.63) is 0 Å². The quantitative estimate of drug-likeness (QED) is 0.695. The molecule has 0 radical (unpaired) electrons. The first-order valence-electron chi connectivity index (χ1n) is 7.13. The number of nitrogens with one attached hydrogen (secondary N) is 3. The molecule has 1 aliphatic carbocycles. The van der Waals surface area contributed by atoms with Gasteiger partial charge in [-0.25, -0.2) is 0 Å². The number of rotatable bonds is 5. The standard InChI is InChI=1S/C14H27N3O2/c1-10(13(19)17-14(2,3)4)15-9-12(18)16-11-7-5-6-8-11/h10-11,15H,5-9H2,1-4H3,(H,16,18)(H,17,19). The molecule has 0 bridgehead atoms. The van der Waals surface area contributed by atoms with Gasteiger partial charge in [0.1, 0.15) is 0 Å². The third kappa shape index (κ3) is 6.57. The van der Waals surface area contributed by atoms with Crippen molar-refractivity contribution in [1.29, 1.82) is 0 Å². The average molecular weight is 269 g/mol. The summed E-state index contributed by atoms with van der Waals surface area (Å²) in [5, 5.41) is 8.83. The Morgan fingerprint density at radius 1 is 1.21 bits per heavy atom. The Morgan fingerprint density at radius 2 is 1.79 bits per heavy atom. The predicted molar refractivity (Wildman–Crippen MR) is 75.8 cm³/mol. The lowest BCUT2D eigenvalue weighted by molar-refractivity contribution is -0.124. The van der Waals surface area contributed by atoms with Crippen LogP contribution in [0.15, 0.2) is 0 Å². The molecule has 1 rings (SSSR count). The Morgan fingerprint density at radius 3 is 2.32 bits per heavy atom. The van der Waals surface area contributed by atoms with Crippen molar-refractivity contribution in [3.63, 3.8) is 0 Å². The van der Waals surface area contributed by atoms with E-state index in [-0.39, 0.29) is 29.9 Å². The lowest BCUT2D eigenvalue weighted by Gasteiger charge is -2.23. The molecule has 1 aliphatic rings. The second kappa shape index (κ2) is 6.89. The maximum Gasteiger partial charge on any atom is 0.237 e. The molecule has 0 aliphatic heterocycles. The zero-order valence-corrected chi connectivity index (χ0v) is 12.5. The number of amides is 2. The van der Waals surface area contributed by atoms with Crippen LogP contribution in [0.1, 0.15) is 53.4 Å². The molecule has 0 aromatic heterocycles. The summed E-state index contributed by atoms with van der Waals surface area (Å²) in [6.07, 6.45) is 4.54. The van der Waals surface area contributed by atoms with Crippen molar-refractivity contribution in [2.75, 3.05) is 6.54 Å². The molecule has 2 amide bonds. The fourth-order valence-corrected chi connectivity index (χ4v) is 2.17. The third-order valence-corrected chi connectivity index (χ3v) is 3.18. The van der Waals surface area contributed by atoms with E-state index in [2.05, 4.69) is 16.0 Å². The first-order valence-corrected chi connectivity index (χ1v) is 7.13. The summed E-state index contributed by atoms with van der Waals surface area (Å²) in [4.78, 5) is 23.5. The zero-order chi connectivity index (χ0) is 14.5. The van der Waals surface area contributed by atoms with E-state index in [4.69, 9.17) is 0 Å². The Hall–Kier alpha value is -1.10. The van der Waals surface area contributed by atoms with Crippen LogP contribution >= 0.6 is 0 Å². The molecule has 1 fully saturated rings. The normalized spacial score (nSPS) is 18.1. The van der Waals surface area contributed by atoms with Crippen molar-refractivity contribution in [1.82, 2.24) is 16.0 Å². The number of carbonyl (C=O) groups is 2. The highest BCUT2D eigenvalue weighted by Crippen LogP contribution is 2.17. The van der Waals surface area contributed by atoms with Gasteiger partial charge in [-0.3, -0.25) is 14.9 Å². The second-order valence-corrected chi connectivity index (χ2v) is 6.39. The molecule has 19 heavy (non-hydrogen) atoms. The van der Waals surface area contributed by atoms with Gasteiger partial charge in [-0.2, -0.15) is 0 Å². The van der Waals surface area contributed by atoms with E-state index in [0.29, 0.717) is 6.04 Å². The Balaban J connectivity index is 2.23. The fourth-order valence-electron chi connectivity index (χ4n) is 2.17. The highest BCUT2D eigenvalue weighted by atomic mass is 16.2. The summed E-state index contributed by atoms with van der Waals surface area (Å²) in [5.41, 5.74) is -0.251. The van der Waals surface area contributed by atoms with Gasteiger partial charge < -0.3 is 10.6 Å². The largest absolute Gasteiger partial charge is 0.352 e. The van der Waals surface area contributed by atoms with Gasteiger partial charge in [0, 0.05) is 11.6 Å². The minimum absolute atomic E-state index is 0.0256. The van der Waals surface area contributed by atoms with Gasteiger partial charge in [0.2, 0.25) is 11.8 Å². The summed E-state index contributed by atoms with van der Waals surface area (Å²) in [6.45, 7) is 7.76. The number of carbonyl (C=O) groups excluding carboxylic acids is 2. The summed E-state index contributed by atoms with van der Waals surface area (Å²) >= 11 is 0. The first kappa shape index (κ1) is 16.0. The van der Waals surface area contributed by atoms with Gasteiger partial charge in [0.05, 0.1) is 12.6 Å². The van der Waals surface area contributed by atoms with Crippen LogP contribution < -0.4 is 16.0 Å². The van der Waals surface area contributed by atoms with Gasteiger partial charge in [-0.05, 0) is 40.5 Å². The van der Waals surface area contributed by atoms with E-state index in [1.807, 2.05) is 20.8 Å². The van der Waals surface area contributed by atoms with Crippen LogP contribution in [0.3, 0.4) is 0 Å². The summed E-state index contributed by atoms with van der Waals surface area (Å²) in [7, 11) is 0. The van der Waals surface area contributed by atoms with E-state index in [9.17, 15) is 9.59 Å². The molecular weight excluding hydrogens is 242 g/mol. The topological polar surface area (TPSA) is 70.2 Å². The van der Waals surface area contributed by atoms with Gasteiger partial charge in [0.25, 0.3) is 0 Å². The average Bonchev–Trinajstić information content (AvgIpc) is 2.76. The SMILES string of the molecule is CC(NCC(=O)NC1CCCC1)C(=O)NC(C)(C)C. The molecule has 1 unspecified atom stereocenters. The van der Waals surface area contributed by atoms with E-state index in [0.717, 1.165) is 12.8 Å². The van der Waals surface area contributed by atoms with Crippen molar-refractivity contribution in [2.45, 2.75) is 71.0 Å². The number of hydrogen-bond donors (Lipinski definition) is 3. The zero-order valence-electron chi connectivity index (χ0n) is 12.5. The van der Waals surface area contributed by atoms with Crippen molar-refractivity contribution < 1.29 is 9.59 Å². The molecule has 1 atom stereocenters. The van der Waals surface area contributed by atoms with E-state index >= 15 is 0 Å². The summed E-state index contributed by atoms with van der Waals surface area (Å²) < 4.78 is 0. The van der Waals surface area contributed by atoms with Crippen LogP contribution in [-0.2, 0) is 9.59 Å². The highest BCUT2D eigenvalue weighted by Gasteiger charge is 2.20. The van der Waals surface area contributed by atoms with Crippen LogP contribution in [0, 0.1) is 0 Å². The maximum absolute atomic E-state index is 11.8. The molecule has 0 saturated heterocycles. The van der Waals surface area contributed by atoms with Crippen LogP contribution in [0.2, 0.25) is 0 Å². The Bertz CT molecular complexity index is 317. The molecule has 0 aromatic rings. The van der Waals surface area contributed by atoms with Gasteiger partial charge in [-0.15, -0.1) is 0 Å². The van der Waals surface area contributed by atoms with E-state index in [1.165, 1.54) is 12.8 Å². The molecule has 1 saturated carbocycles. The van der Waals surface area contributed by atoms with Crippen LogP contribution in [0.25, 0.3) is 0 Å².